The Labute approximate surface area is 299 Å². The molecule has 0 bridgehead atoms. The number of rotatable bonds is 24. The molecule has 0 N–H and O–H groups in total. The molecule has 270 valence electrons. The zero-order chi connectivity index (χ0) is 35.8. The van der Waals surface area contributed by atoms with Crippen LogP contribution in [0.15, 0.2) is 78.9 Å². The van der Waals surface area contributed by atoms with E-state index in [0.29, 0.717) is 23.7 Å². The fourth-order valence-electron chi connectivity index (χ4n) is 5.42. The summed E-state index contributed by atoms with van der Waals surface area (Å²) in [5, 5.41) is 0. The van der Waals surface area contributed by atoms with Crippen molar-refractivity contribution < 1.29 is 33.3 Å². The van der Waals surface area contributed by atoms with E-state index in [4.69, 9.17) is 18.9 Å². The zero-order valence-electron chi connectivity index (χ0n) is 30.3. The number of hydrogen-bond acceptors (Lipinski definition) is 7. The molecule has 3 aromatic rings. The lowest BCUT2D eigenvalue weighted by Crippen LogP contribution is -2.15. The number of unbranched alkanes of at least 4 members (excludes halogenated alkanes) is 12. The molecule has 1 atom stereocenters. The second-order valence-corrected chi connectivity index (χ2v) is 12.9. The maximum Gasteiger partial charge on any atom is 0.343 e. The standard InChI is InChI=1S/C43H56O7/c1-4-6-8-10-11-12-13-14-15-17-33-47-38-26-19-35(20-27-38)21-32-41(44)49-39-28-22-37(23-29-39)43(46)50-40-30-24-36(25-31-40)42(45)48-34(3)18-16-9-7-5-2/h19-32,34H,4-18,33H2,1-3H3/b32-21+/t34-/m0/s1. The van der Waals surface area contributed by atoms with E-state index < -0.39 is 17.9 Å². The third-order valence-electron chi connectivity index (χ3n) is 8.44. The molecule has 0 amide bonds. The zero-order valence-corrected chi connectivity index (χ0v) is 30.3. The first kappa shape index (κ1) is 40.0. The summed E-state index contributed by atoms with van der Waals surface area (Å²) >= 11 is 0. The van der Waals surface area contributed by atoms with Gasteiger partial charge < -0.3 is 18.9 Å². The van der Waals surface area contributed by atoms with Gasteiger partial charge in [-0.2, -0.15) is 0 Å². The molecule has 0 saturated carbocycles. The summed E-state index contributed by atoms with van der Waals surface area (Å²) in [7, 11) is 0. The Balaban J connectivity index is 1.33. The Kier molecular flexibility index (Phi) is 19.1. The van der Waals surface area contributed by atoms with E-state index in [1.165, 1.54) is 94.5 Å². The molecule has 0 spiro atoms. The van der Waals surface area contributed by atoms with Gasteiger partial charge in [-0.15, -0.1) is 0 Å². The monoisotopic (exact) mass is 684 g/mol. The van der Waals surface area contributed by atoms with Crippen molar-refractivity contribution in [3.63, 3.8) is 0 Å². The van der Waals surface area contributed by atoms with Gasteiger partial charge >= 0.3 is 17.9 Å². The fraction of sp³-hybridized carbons (Fsp3) is 0.465. The third-order valence-corrected chi connectivity index (χ3v) is 8.44. The molecule has 0 fully saturated rings. The number of benzene rings is 3. The normalized spacial score (nSPS) is 11.7. The number of carbonyl (C=O) groups excluding carboxylic acids is 3. The van der Waals surface area contributed by atoms with Crippen molar-refractivity contribution in [2.45, 2.75) is 123 Å². The second kappa shape index (κ2) is 23.9. The molecular weight excluding hydrogens is 628 g/mol. The summed E-state index contributed by atoms with van der Waals surface area (Å²) in [6, 6.07) is 20.0. The minimum absolute atomic E-state index is 0.156. The fourth-order valence-corrected chi connectivity index (χ4v) is 5.42. The Morgan fingerprint density at radius 2 is 1.04 bits per heavy atom. The van der Waals surface area contributed by atoms with E-state index in [1.807, 2.05) is 31.2 Å². The molecule has 7 nitrogen and oxygen atoms in total. The lowest BCUT2D eigenvalue weighted by molar-refractivity contribution is -0.128. The number of ether oxygens (including phenoxy) is 4. The number of hydrogen-bond donors (Lipinski definition) is 0. The summed E-state index contributed by atoms with van der Waals surface area (Å²) in [6.07, 6.45) is 21.2. The lowest BCUT2D eigenvalue weighted by Gasteiger charge is -2.13. The molecule has 0 unspecified atom stereocenters. The SMILES string of the molecule is CCCCCCCCCCCCOc1ccc(/C=C/C(=O)Oc2ccc(C(=O)Oc3ccc(C(=O)O[C@@H](C)CCCCCC)cc3)cc2)cc1. The summed E-state index contributed by atoms with van der Waals surface area (Å²) < 4.78 is 22.2. The van der Waals surface area contributed by atoms with Gasteiger partial charge in [-0.3, -0.25) is 0 Å². The highest BCUT2D eigenvalue weighted by Crippen LogP contribution is 2.19. The Bertz CT molecular complexity index is 1430. The summed E-state index contributed by atoms with van der Waals surface area (Å²) in [5.41, 5.74) is 1.53. The van der Waals surface area contributed by atoms with Crippen LogP contribution in [-0.2, 0) is 9.53 Å². The van der Waals surface area contributed by atoms with Crippen molar-refractivity contribution in [3.8, 4) is 17.2 Å². The third kappa shape index (κ3) is 16.3. The molecule has 0 aromatic heterocycles. The number of esters is 3. The predicted molar refractivity (Wildman–Crippen MR) is 200 cm³/mol. The largest absolute Gasteiger partial charge is 0.494 e. The molecule has 0 radical (unpaired) electrons. The summed E-state index contributed by atoms with van der Waals surface area (Å²) in [5.74, 6) is -0.0958. The highest BCUT2D eigenvalue weighted by molar-refractivity contribution is 5.92. The van der Waals surface area contributed by atoms with Crippen LogP contribution in [0.25, 0.3) is 6.08 Å². The summed E-state index contributed by atoms with van der Waals surface area (Å²) in [4.78, 5) is 37.5. The Hall–Kier alpha value is -4.39. The van der Waals surface area contributed by atoms with E-state index in [9.17, 15) is 14.4 Å². The first-order valence-electron chi connectivity index (χ1n) is 18.6. The smallest absolute Gasteiger partial charge is 0.343 e. The maximum atomic E-state index is 12.7. The van der Waals surface area contributed by atoms with Gasteiger partial charge in [0.05, 0.1) is 23.8 Å². The van der Waals surface area contributed by atoms with Crippen LogP contribution in [0.2, 0.25) is 0 Å². The van der Waals surface area contributed by atoms with Crippen molar-refractivity contribution in [2.24, 2.45) is 0 Å². The van der Waals surface area contributed by atoms with Gasteiger partial charge in [0.2, 0.25) is 0 Å². The Morgan fingerprint density at radius 3 is 1.62 bits per heavy atom. The van der Waals surface area contributed by atoms with Crippen molar-refractivity contribution >= 4 is 24.0 Å². The van der Waals surface area contributed by atoms with Crippen molar-refractivity contribution in [2.75, 3.05) is 6.61 Å². The van der Waals surface area contributed by atoms with Crippen LogP contribution in [0.1, 0.15) is 143 Å². The van der Waals surface area contributed by atoms with Crippen LogP contribution in [0, 0.1) is 0 Å². The van der Waals surface area contributed by atoms with E-state index in [-0.39, 0.29) is 11.7 Å². The molecule has 0 aliphatic heterocycles. The van der Waals surface area contributed by atoms with Crippen LogP contribution in [0.5, 0.6) is 17.2 Å². The van der Waals surface area contributed by atoms with Crippen LogP contribution >= 0.6 is 0 Å². The molecule has 0 aliphatic rings. The highest BCUT2D eigenvalue weighted by atomic mass is 16.5. The van der Waals surface area contributed by atoms with Gasteiger partial charge in [0.15, 0.2) is 0 Å². The van der Waals surface area contributed by atoms with Crippen LogP contribution in [0.4, 0.5) is 0 Å². The lowest BCUT2D eigenvalue weighted by atomic mass is 10.1. The molecular formula is C43H56O7. The van der Waals surface area contributed by atoms with Gasteiger partial charge in [-0.25, -0.2) is 14.4 Å². The Morgan fingerprint density at radius 1 is 0.560 bits per heavy atom. The van der Waals surface area contributed by atoms with Gasteiger partial charge in [0, 0.05) is 6.08 Å². The maximum absolute atomic E-state index is 12.7. The molecule has 3 rings (SSSR count). The molecule has 0 saturated heterocycles. The quantitative estimate of drug-likeness (QED) is 0.0401. The van der Waals surface area contributed by atoms with Gasteiger partial charge in [-0.05, 0) is 98.5 Å². The van der Waals surface area contributed by atoms with Crippen molar-refractivity contribution in [3.05, 3.63) is 95.6 Å². The molecule has 7 heteroatoms. The molecule has 50 heavy (non-hydrogen) atoms. The van der Waals surface area contributed by atoms with Crippen LogP contribution < -0.4 is 14.2 Å². The van der Waals surface area contributed by atoms with E-state index in [0.717, 1.165) is 43.4 Å². The minimum Gasteiger partial charge on any atom is -0.494 e. The molecule has 0 aliphatic carbocycles. The van der Waals surface area contributed by atoms with Crippen molar-refractivity contribution in [1.29, 1.82) is 0 Å². The van der Waals surface area contributed by atoms with E-state index in [2.05, 4.69) is 13.8 Å². The van der Waals surface area contributed by atoms with Crippen molar-refractivity contribution in [1.82, 2.24) is 0 Å². The average Bonchev–Trinajstić information content (AvgIpc) is 3.12. The second-order valence-electron chi connectivity index (χ2n) is 12.9. The predicted octanol–water partition coefficient (Wildman–Crippen LogP) is 11.3. The summed E-state index contributed by atoms with van der Waals surface area (Å²) in [6.45, 7) is 7.02. The van der Waals surface area contributed by atoms with Crippen LogP contribution in [-0.4, -0.2) is 30.6 Å². The molecule has 3 aromatic carbocycles. The van der Waals surface area contributed by atoms with Gasteiger partial charge in [-0.1, -0.05) is 103 Å². The van der Waals surface area contributed by atoms with Gasteiger partial charge in [0.25, 0.3) is 0 Å². The first-order valence-corrected chi connectivity index (χ1v) is 18.6. The number of carbonyl (C=O) groups is 3. The van der Waals surface area contributed by atoms with E-state index >= 15 is 0 Å². The van der Waals surface area contributed by atoms with Gasteiger partial charge in [0.1, 0.15) is 17.2 Å². The first-order chi connectivity index (χ1) is 24.4. The average molecular weight is 685 g/mol. The topological polar surface area (TPSA) is 88.1 Å². The highest BCUT2D eigenvalue weighted by Gasteiger charge is 2.14. The van der Waals surface area contributed by atoms with E-state index in [1.54, 1.807) is 30.3 Å². The minimum atomic E-state index is -0.574. The molecule has 0 heterocycles. The van der Waals surface area contributed by atoms with Crippen LogP contribution in [0.3, 0.4) is 0 Å².